The number of phenols is 1. The molecule has 0 aliphatic carbocycles. The van der Waals surface area contributed by atoms with Crippen LogP contribution in [0.3, 0.4) is 0 Å². The van der Waals surface area contributed by atoms with Crippen LogP contribution in [0.4, 0.5) is 10.1 Å². The van der Waals surface area contributed by atoms with Gasteiger partial charge in [-0.2, -0.15) is 0 Å². The fraction of sp³-hybridized carbons (Fsp3) is 0.154. The van der Waals surface area contributed by atoms with Gasteiger partial charge in [-0.25, -0.2) is 4.39 Å². The molecule has 1 saturated heterocycles. The zero-order chi connectivity index (χ0) is 23.1. The maximum atomic E-state index is 13.5. The Balaban J connectivity index is 1.69. The first-order valence-corrected chi connectivity index (χ1v) is 11.1. The van der Waals surface area contributed by atoms with E-state index in [1.165, 1.54) is 12.1 Å². The van der Waals surface area contributed by atoms with E-state index in [-0.39, 0.29) is 23.7 Å². The van der Waals surface area contributed by atoms with Gasteiger partial charge in [0, 0.05) is 23.3 Å². The molecule has 0 amide bonds. The second-order valence-electron chi connectivity index (χ2n) is 8.12. The lowest BCUT2D eigenvalue weighted by Gasteiger charge is -2.28. The number of phenolic OH excluding ortho intramolecular Hbond substituents is 1. The lowest BCUT2D eigenvalue weighted by molar-refractivity contribution is 0.472. The highest BCUT2D eigenvalue weighted by molar-refractivity contribution is 7.80. The summed E-state index contributed by atoms with van der Waals surface area (Å²) >= 11 is 5.75. The number of pyridine rings is 1. The van der Waals surface area contributed by atoms with E-state index in [0.29, 0.717) is 10.8 Å². The smallest absolute Gasteiger partial charge is 0.174 e. The van der Waals surface area contributed by atoms with E-state index < -0.39 is 0 Å². The van der Waals surface area contributed by atoms with E-state index >= 15 is 0 Å². The third kappa shape index (κ3) is 3.64. The summed E-state index contributed by atoms with van der Waals surface area (Å²) in [6.07, 6.45) is 1.77. The fourth-order valence-electron chi connectivity index (χ4n) is 4.67. The number of para-hydroxylation sites is 2. The van der Waals surface area contributed by atoms with Gasteiger partial charge in [0.2, 0.25) is 0 Å². The van der Waals surface area contributed by atoms with E-state index in [0.717, 1.165) is 28.3 Å². The molecule has 0 bridgehead atoms. The van der Waals surface area contributed by atoms with E-state index in [1.807, 2.05) is 49.1 Å². The molecular weight excluding hydrogens is 435 g/mol. The van der Waals surface area contributed by atoms with Crippen molar-refractivity contribution in [1.82, 2.24) is 14.9 Å². The topological polar surface area (TPSA) is 53.3 Å². The van der Waals surface area contributed by atoms with Crippen molar-refractivity contribution in [2.45, 2.75) is 25.9 Å². The van der Waals surface area contributed by atoms with Gasteiger partial charge < -0.3 is 19.9 Å². The summed E-state index contributed by atoms with van der Waals surface area (Å²) in [5, 5.41) is 14.6. The highest BCUT2D eigenvalue weighted by atomic mass is 32.1. The third-order valence-electron chi connectivity index (χ3n) is 6.11. The normalized spacial score (nSPS) is 17.9. The number of aryl methyl sites for hydroxylation is 1. The Hall–Kier alpha value is -3.71. The molecule has 2 aromatic heterocycles. The van der Waals surface area contributed by atoms with E-state index in [4.69, 9.17) is 12.2 Å². The SMILES string of the molecule is Cc1cc([C@@H]2[C@@H](c3ccccn3)NC(=S)N2c2ccccc2O)c(C)n1-c1ccc(F)cc1. The molecule has 5 nitrogen and oxygen atoms in total. The van der Waals surface area contributed by atoms with Crippen molar-refractivity contribution >= 4 is 23.0 Å². The number of thiocarbonyl (C=S) groups is 1. The number of hydrogen-bond donors (Lipinski definition) is 2. The Labute approximate surface area is 197 Å². The molecule has 3 heterocycles. The van der Waals surface area contributed by atoms with Crippen LogP contribution >= 0.6 is 12.2 Å². The zero-order valence-electron chi connectivity index (χ0n) is 18.2. The molecule has 2 atom stereocenters. The van der Waals surface area contributed by atoms with Gasteiger partial charge in [0.05, 0.1) is 23.5 Å². The van der Waals surface area contributed by atoms with Gasteiger partial charge in [-0.3, -0.25) is 4.98 Å². The highest BCUT2D eigenvalue weighted by Crippen LogP contribution is 2.45. The van der Waals surface area contributed by atoms with Crippen LogP contribution in [-0.4, -0.2) is 19.8 Å². The maximum absolute atomic E-state index is 13.5. The summed E-state index contributed by atoms with van der Waals surface area (Å²) in [5.41, 5.74) is 5.44. The lowest BCUT2D eigenvalue weighted by Crippen LogP contribution is -2.29. The Morgan fingerprint density at radius 1 is 1.00 bits per heavy atom. The van der Waals surface area contributed by atoms with Crippen LogP contribution in [0.2, 0.25) is 0 Å². The number of aromatic hydroxyl groups is 1. The largest absolute Gasteiger partial charge is 0.506 e. The van der Waals surface area contributed by atoms with Crippen molar-refractivity contribution in [3.8, 4) is 11.4 Å². The van der Waals surface area contributed by atoms with Crippen molar-refractivity contribution in [3.05, 3.63) is 107 Å². The van der Waals surface area contributed by atoms with Crippen LogP contribution in [0.15, 0.2) is 79.0 Å². The minimum absolute atomic E-state index is 0.153. The van der Waals surface area contributed by atoms with Gasteiger partial charge in [0.25, 0.3) is 0 Å². The maximum Gasteiger partial charge on any atom is 0.174 e. The van der Waals surface area contributed by atoms with Gasteiger partial charge in [-0.05, 0) is 86.2 Å². The van der Waals surface area contributed by atoms with Gasteiger partial charge >= 0.3 is 0 Å². The number of hydrogen-bond acceptors (Lipinski definition) is 3. The zero-order valence-corrected chi connectivity index (χ0v) is 19.1. The van der Waals surface area contributed by atoms with Gasteiger partial charge in [0.1, 0.15) is 11.6 Å². The Morgan fingerprint density at radius 3 is 2.42 bits per heavy atom. The molecule has 0 saturated carbocycles. The summed E-state index contributed by atoms with van der Waals surface area (Å²) < 4.78 is 15.6. The predicted octanol–water partition coefficient (Wildman–Crippen LogP) is 5.51. The summed E-state index contributed by atoms with van der Waals surface area (Å²) in [4.78, 5) is 6.55. The molecule has 0 radical (unpaired) electrons. The number of aromatic nitrogens is 2. The quantitative estimate of drug-likeness (QED) is 0.395. The van der Waals surface area contributed by atoms with Crippen molar-refractivity contribution in [2.75, 3.05) is 4.90 Å². The summed E-state index contributed by atoms with van der Waals surface area (Å²) in [5.74, 6) is -0.117. The fourth-order valence-corrected chi connectivity index (χ4v) is 5.01. The van der Waals surface area contributed by atoms with E-state index in [9.17, 15) is 9.50 Å². The molecule has 4 aromatic rings. The second kappa shape index (κ2) is 8.33. The van der Waals surface area contributed by atoms with Crippen molar-refractivity contribution in [3.63, 3.8) is 0 Å². The van der Waals surface area contributed by atoms with Crippen molar-refractivity contribution in [1.29, 1.82) is 0 Å². The molecule has 0 spiro atoms. The van der Waals surface area contributed by atoms with Crippen LogP contribution in [-0.2, 0) is 0 Å². The molecule has 2 aromatic carbocycles. The lowest BCUT2D eigenvalue weighted by atomic mass is 9.96. The van der Waals surface area contributed by atoms with Crippen LogP contribution < -0.4 is 10.2 Å². The molecule has 1 fully saturated rings. The molecule has 166 valence electrons. The highest BCUT2D eigenvalue weighted by Gasteiger charge is 2.43. The van der Waals surface area contributed by atoms with Crippen LogP contribution in [0.5, 0.6) is 5.75 Å². The third-order valence-corrected chi connectivity index (χ3v) is 6.43. The predicted molar refractivity (Wildman–Crippen MR) is 131 cm³/mol. The molecule has 7 heteroatoms. The van der Waals surface area contributed by atoms with Crippen LogP contribution in [0, 0.1) is 19.7 Å². The first-order chi connectivity index (χ1) is 16.0. The first kappa shape index (κ1) is 21.2. The molecule has 1 aliphatic heterocycles. The number of anilines is 1. The Kier molecular flexibility index (Phi) is 5.34. The van der Waals surface area contributed by atoms with Gasteiger partial charge in [0.15, 0.2) is 5.11 Å². The molecule has 5 rings (SSSR count). The minimum Gasteiger partial charge on any atom is -0.506 e. The Morgan fingerprint density at radius 2 is 1.73 bits per heavy atom. The van der Waals surface area contributed by atoms with Gasteiger partial charge in [-0.1, -0.05) is 18.2 Å². The monoisotopic (exact) mass is 458 g/mol. The van der Waals surface area contributed by atoms with Crippen LogP contribution in [0.1, 0.15) is 34.7 Å². The summed E-state index contributed by atoms with van der Waals surface area (Å²) in [7, 11) is 0. The number of nitrogens with one attached hydrogen (secondary N) is 1. The van der Waals surface area contributed by atoms with E-state index in [2.05, 4.69) is 20.9 Å². The van der Waals surface area contributed by atoms with Crippen molar-refractivity contribution < 1.29 is 9.50 Å². The first-order valence-electron chi connectivity index (χ1n) is 10.7. The molecule has 33 heavy (non-hydrogen) atoms. The molecule has 2 N–H and O–H groups in total. The number of benzene rings is 2. The van der Waals surface area contributed by atoms with Crippen molar-refractivity contribution in [2.24, 2.45) is 0 Å². The minimum atomic E-state index is -0.271. The number of nitrogens with zero attached hydrogens (tertiary/aromatic N) is 3. The summed E-state index contributed by atoms with van der Waals surface area (Å²) in [6.45, 7) is 4.08. The average molecular weight is 459 g/mol. The van der Waals surface area contributed by atoms with E-state index in [1.54, 1.807) is 30.5 Å². The number of halogens is 1. The average Bonchev–Trinajstić information content (AvgIpc) is 3.31. The molecular formula is C26H23FN4OS. The number of rotatable bonds is 4. The Bertz CT molecular complexity index is 1320. The van der Waals surface area contributed by atoms with Gasteiger partial charge in [-0.15, -0.1) is 0 Å². The molecule has 0 unspecified atom stereocenters. The molecule has 1 aliphatic rings. The second-order valence-corrected chi connectivity index (χ2v) is 8.51. The van der Waals surface area contributed by atoms with Crippen LogP contribution in [0.25, 0.3) is 5.69 Å². The standard InChI is InChI=1S/C26H23FN4OS/c1-16-15-20(17(2)30(16)19-12-10-18(27)11-13-19)25-24(21-7-5-6-14-28-21)29-26(33)31(25)22-8-3-4-9-23(22)32/h3-15,24-25,32H,1-2H3,(H,29,33)/t24-,25-/m1/s1. The summed E-state index contributed by atoms with van der Waals surface area (Å²) in [6, 6.07) is 21.1.